The molecular formula is C26H33FN8O. The van der Waals surface area contributed by atoms with Gasteiger partial charge in [-0.15, -0.1) is 0 Å². The molecule has 0 amide bonds. The van der Waals surface area contributed by atoms with Crippen molar-refractivity contribution < 1.29 is 9.13 Å². The fourth-order valence-corrected chi connectivity index (χ4v) is 5.49. The van der Waals surface area contributed by atoms with Crippen LogP contribution in [0.15, 0.2) is 30.5 Å². The minimum Gasteiger partial charge on any atom is -0.378 e. The van der Waals surface area contributed by atoms with Crippen LogP contribution in [0.5, 0.6) is 0 Å². The van der Waals surface area contributed by atoms with Crippen LogP contribution in [0, 0.1) is 0 Å². The first kappa shape index (κ1) is 23.3. The number of rotatable bonds is 5. The Morgan fingerprint density at radius 2 is 1.92 bits per heavy atom. The van der Waals surface area contributed by atoms with E-state index in [1.54, 1.807) is 0 Å². The second-order valence-corrected chi connectivity index (χ2v) is 10.0. The van der Waals surface area contributed by atoms with Crippen LogP contribution in [0.2, 0.25) is 0 Å². The second-order valence-electron chi connectivity index (χ2n) is 10.0. The van der Waals surface area contributed by atoms with Gasteiger partial charge in [-0.1, -0.05) is 18.2 Å². The van der Waals surface area contributed by atoms with Crippen molar-refractivity contribution in [1.82, 2.24) is 34.3 Å². The number of aromatic nitrogens is 5. The summed E-state index contributed by atoms with van der Waals surface area (Å²) in [4.78, 5) is 24.8. The van der Waals surface area contributed by atoms with Gasteiger partial charge >= 0.3 is 0 Å². The van der Waals surface area contributed by atoms with Crippen LogP contribution in [-0.4, -0.2) is 100 Å². The molecule has 2 unspecified atom stereocenters. The molecule has 6 rings (SSSR count). The lowest BCUT2D eigenvalue weighted by molar-refractivity contribution is 0.0530. The average Bonchev–Trinajstić information content (AvgIpc) is 3.45. The molecule has 0 bridgehead atoms. The molecule has 3 aromatic heterocycles. The van der Waals surface area contributed by atoms with Crippen LogP contribution < -0.4 is 4.90 Å². The Kier molecular flexibility index (Phi) is 6.10. The van der Waals surface area contributed by atoms with Gasteiger partial charge in [-0.05, 0) is 26.6 Å². The third-order valence-electron chi connectivity index (χ3n) is 7.55. The number of aromatic amines is 1. The highest BCUT2D eigenvalue weighted by Crippen LogP contribution is 2.32. The number of hydrogen-bond acceptors (Lipinski definition) is 7. The molecule has 0 spiro atoms. The lowest BCUT2D eigenvalue weighted by atomic mass is 10.0. The minimum absolute atomic E-state index is 0.0285. The Labute approximate surface area is 209 Å². The Bertz CT molecular complexity index is 1380. The number of alkyl halides is 1. The summed E-state index contributed by atoms with van der Waals surface area (Å²) in [5.74, 6) is 2.38. The van der Waals surface area contributed by atoms with E-state index in [1.807, 2.05) is 48.9 Å². The number of nitrogens with one attached hydrogen (secondary N) is 1. The van der Waals surface area contributed by atoms with Crippen LogP contribution in [0.4, 0.5) is 10.2 Å². The number of nitrogens with zero attached hydrogens (tertiary/aromatic N) is 7. The Morgan fingerprint density at radius 3 is 2.69 bits per heavy atom. The van der Waals surface area contributed by atoms with Crippen molar-refractivity contribution in [1.29, 1.82) is 0 Å². The number of likely N-dealkylation sites (tertiary alicyclic amines) is 1. The number of aryl methyl sites for hydroxylation is 1. The van der Waals surface area contributed by atoms with E-state index < -0.39 is 6.17 Å². The highest BCUT2D eigenvalue weighted by atomic mass is 19.1. The highest BCUT2D eigenvalue weighted by molar-refractivity contribution is 5.95. The standard InChI is InChI=1S/C26H33FN8O/c1-32(2)21-8-9-34(15-19(21)27)16-22-29-23-25(33(22)3)30-24(31-26(23)35-10-12-36-13-11-35)18-14-28-20-7-5-4-6-17(18)20/h4-7,14,19,21,28H,8-13,15-16H2,1-3H3. The smallest absolute Gasteiger partial charge is 0.166 e. The van der Waals surface area contributed by atoms with Gasteiger partial charge in [0.1, 0.15) is 12.0 Å². The SMILES string of the molecule is CN(C)C1CCN(Cc2nc3c(N4CCOCC4)nc(-c4c[nH]c5ccccc45)nc3n2C)CC1F. The highest BCUT2D eigenvalue weighted by Gasteiger charge is 2.31. The van der Waals surface area contributed by atoms with Crippen molar-refractivity contribution in [3.8, 4) is 11.4 Å². The maximum atomic E-state index is 14.8. The van der Waals surface area contributed by atoms with E-state index in [0.717, 1.165) is 65.3 Å². The first-order chi connectivity index (χ1) is 17.5. The third-order valence-corrected chi connectivity index (χ3v) is 7.55. The molecule has 0 radical (unpaired) electrons. The zero-order valence-corrected chi connectivity index (χ0v) is 21.1. The van der Waals surface area contributed by atoms with E-state index in [0.29, 0.717) is 32.1 Å². The molecule has 5 heterocycles. The van der Waals surface area contributed by atoms with Crippen molar-refractivity contribution in [2.45, 2.75) is 25.2 Å². The summed E-state index contributed by atoms with van der Waals surface area (Å²) >= 11 is 0. The normalized spacial score (nSPS) is 21.8. The van der Waals surface area contributed by atoms with E-state index in [2.05, 4.69) is 26.9 Å². The number of halogens is 1. The fourth-order valence-electron chi connectivity index (χ4n) is 5.49. The van der Waals surface area contributed by atoms with Gasteiger partial charge < -0.3 is 24.1 Å². The Morgan fingerprint density at radius 1 is 1.11 bits per heavy atom. The monoisotopic (exact) mass is 492 g/mol. The topological polar surface area (TPSA) is 78.3 Å². The second kappa shape index (κ2) is 9.42. The first-order valence-corrected chi connectivity index (χ1v) is 12.6. The molecular weight excluding hydrogens is 459 g/mol. The molecule has 4 aromatic rings. The van der Waals surface area contributed by atoms with Crippen molar-refractivity contribution in [3.05, 3.63) is 36.3 Å². The first-order valence-electron chi connectivity index (χ1n) is 12.6. The lowest BCUT2D eigenvalue weighted by Gasteiger charge is -2.37. The van der Waals surface area contributed by atoms with E-state index in [9.17, 15) is 4.39 Å². The average molecular weight is 493 g/mol. The maximum absolute atomic E-state index is 14.8. The van der Waals surface area contributed by atoms with Crippen molar-refractivity contribution in [3.63, 3.8) is 0 Å². The van der Waals surface area contributed by atoms with Crippen LogP contribution in [0.3, 0.4) is 0 Å². The molecule has 36 heavy (non-hydrogen) atoms. The number of benzene rings is 1. The summed E-state index contributed by atoms with van der Waals surface area (Å²) in [6.07, 6.45) is 1.91. The molecule has 0 aliphatic carbocycles. The quantitative estimate of drug-likeness (QED) is 0.459. The summed E-state index contributed by atoms with van der Waals surface area (Å²) in [7, 11) is 5.91. The number of ether oxygens (including phenoxy) is 1. The van der Waals surface area contributed by atoms with Gasteiger partial charge in [-0.3, -0.25) is 4.90 Å². The predicted octanol–water partition coefficient (Wildman–Crippen LogP) is 2.82. The van der Waals surface area contributed by atoms with Gasteiger partial charge in [-0.25, -0.2) is 19.3 Å². The number of fused-ring (bicyclic) bond motifs is 2. The summed E-state index contributed by atoms with van der Waals surface area (Å²) in [6, 6.07) is 8.16. The number of hydrogen-bond donors (Lipinski definition) is 1. The van der Waals surface area contributed by atoms with E-state index in [4.69, 9.17) is 19.7 Å². The molecule has 1 N–H and O–H groups in total. The number of anilines is 1. The van der Waals surface area contributed by atoms with Gasteiger partial charge in [0.25, 0.3) is 0 Å². The van der Waals surface area contributed by atoms with Crippen molar-refractivity contribution in [2.75, 3.05) is 58.4 Å². The van der Waals surface area contributed by atoms with Gasteiger partial charge in [0.05, 0.1) is 19.8 Å². The lowest BCUT2D eigenvalue weighted by Crippen LogP contribution is -2.50. The molecule has 9 nitrogen and oxygen atoms in total. The third kappa shape index (κ3) is 4.12. The van der Waals surface area contributed by atoms with Crippen molar-refractivity contribution in [2.24, 2.45) is 7.05 Å². The molecule has 1 aromatic carbocycles. The predicted molar refractivity (Wildman–Crippen MR) is 139 cm³/mol. The summed E-state index contributed by atoms with van der Waals surface area (Å²) in [6.45, 7) is 4.67. The summed E-state index contributed by atoms with van der Waals surface area (Å²) in [5.41, 5.74) is 3.60. The Hall–Kier alpha value is -3.08. The molecule has 2 atom stereocenters. The molecule has 0 saturated carbocycles. The zero-order chi connectivity index (χ0) is 24.8. The maximum Gasteiger partial charge on any atom is 0.166 e. The van der Waals surface area contributed by atoms with Gasteiger partial charge in [0.2, 0.25) is 0 Å². The number of piperidine rings is 1. The number of H-pyrrole nitrogens is 1. The minimum atomic E-state index is -0.874. The molecule has 10 heteroatoms. The van der Waals surface area contributed by atoms with E-state index in [1.165, 1.54) is 0 Å². The van der Waals surface area contributed by atoms with E-state index >= 15 is 0 Å². The largest absolute Gasteiger partial charge is 0.378 e. The number of morpholine rings is 1. The molecule has 2 aliphatic heterocycles. The summed E-state index contributed by atoms with van der Waals surface area (Å²) in [5, 5.41) is 1.09. The molecule has 2 aliphatic rings. The van der Waals surface area contributed by atoms with Crippen LogP contribution in [0.25, 0.3) is 33.5 Å². The molecule has 2 saturated heterocycles. The Balaban J connectivity index is 1.40. The van der Waals surface area contributed by atoms with Crippen LogP contribution in [-0.2, 0) is 18.3 Å². The number of imidazole rings is 1. The van der Waals surface area contributed by atoms with Gasteiger partial charge in [-0.2, -0.15) is 0 Å². The van der Waals surface area contributed by atoms with Crippen LogP contribution >= 0.6 is 0 Å². The van der Waals surface area contributed by atoms with Gasteiger partial charge in [0, 0.05) is 61.9 Å². The van der Waals surface area contributed by atoms with E-state index in [-0.39, 0.29) is 6.04 Å². The fraction of sp³-hybridized carbons (Fsp3) is 0.500. The molecule has 190 valence electrons. The molecule has 2 fully saturated rings. The van der Waals surface area contributed by atoms with Crippen LogP contribution in [0.1, 0.15) is 12.2 Å². The van der Waals surface area contributed by atoms with Gasteiger partial charge in [0.15, 0.2) is 22.8 Å². The van der Waals surface area contributed by atoms with Crippen molar-refractivity contribution >= 4 is 27.9 Å². The summed E-state index contributed by atoms with van der Waals surface area (Å²) < 4.78 is 22.5. The number of para-hydroxylation sites is 1. The zero-order valence-electron chi connectivity index (χ0n) is 21.1.